The SMILES string of the molecule is OC(CNC1CCCOCC1)C(F)(F)F. The highest BCUT2D eigenvalue weighted by Gasteiger charge is 2.38. The molecule has 1 saturated heterocycles. The summed E-state index contributed by atoms with van der Waals surface area (Å²) in [6.07, 6.45) is -4.47. The molecule has 15 heavy (non-hydrogen) atoms. The summed E-state index contributed by atoms with van der Waals surface area (Å²) < 4.78 is 41.1. The summed E-state index contributed by atoms with van der Waals surface area (Å²) >= 11 is 0. The number of halogens is 3. The van der Waals surface area contributed by atoms with Gasteiger partial charge in [0, 0.05) is 25.8 Å². The molecule has 0 aromatic heterocycles. The van der Waals surface area contributed by atoms with Gasteiger partial charge in [0.25, 0.3) is 0 Å². The molecular weight excluding hydrogens is 211 g/mol. The molecule has 1 fully saturated rings. The Morgan fingerprint density at radius 2 is 2.07 bits per heavy atom. The van der Waals surface area contributed by atoms with Gasteiger partial charge in [-0.15, -0.1) is 0 Å². The van der Waals surface area contributed by atoms with Gasteiger partial charge in [-0.25, -0.2) is 0 Å². The van der Waals surface area contributed by atoms with Gasteiger partial charge in [-0.2, -0.15) is 13.2 Å². The largest absolute Gasteiger partial charge is 0.415 e. The van der Waals surface area contributed by atoms with Crippen LogP contribution in [0.5, 0.6) is 0 Å². The number of alkyl halides is 3. The molecule has 6 heteroatoms. The minimum Gasteiger partial charge on any atom is -0.382 e. The van der Waals surface area contributed by atoms with Crippen molar-refractivity contribution in [3.8, 4) is 0 Å². The van der Waals surface area contributed by atoms with Gasteiger partial charge in [0.2, 0.25) is 0 Å². The van der Waals surface area contributed by atoms with Gasteiger partial charge in [-0.3, -0.25) is 0 Å². The Morgan fingerprint density at radius 3 is 2.73 bits per heavy atom. The fraction of sp³-hybridized carbons (Fsp3) is 1.00. The van der Waals surface area contributed by atoms with Crippen molar-refractivity contribution in [1.29, 1.82) is 0 Å². The van der Waals surface area contributed by atoms with Gasteiger partial charge in [0.15, 0.2) is 6.10 Å². The first kappa shape index (κ1) is 12.7. The molecule has 2 atom stereocenters. The molecule has 2 N–H and O–H groups in total. The van der Waals surface area contributed by atoms with Crippen LogP contribution in [0.15, 0.2) is 0 Å². The van der Waals surface area contributed by atoms with Crippen LogP contribution >= 0.6 is 0 Å². The second kappa shape index (κ2) is 5.67. The lowest BCUT2D eigenvalue weighted by atomic mass is 10.1. The topological polar surface area (TPSA) is 41.5 Å². The van der Waals surface area contributed by atoms with Crippen molar-refractivity contribution in [3.63, 3.8) is 0 Å². The van der Waals surface area contributed by atoms with Crippen LogP contribution < -0.4 is 5.32 Å². The zero-order valence-electron chi connectivity index (χ0n) is 8.39. The fourth-order valence-electron chi connectivity index (χ4n) is 1.50. The highest BCUT2D eigenvalue weighted by molar-refractivity contribution is 4.74. The van der Waals surface area contributed by atoms with E-state index in [0.717, 1.165) is 12.8 Å². The van der Waals surface area contributed by atoms with Gasteiger partial charge >= 0.3 is 6.18 Å². The van der Waals surface area contributed by atoms with Crippen molar-refractivity contribution in [2.24, 2.45) is 0 Å². The zero-order chi connectivity index (χ0) is 11.3. The van der Waals surface area contributed by atoms with Crippen LogP contribution in [-0.4, -0.2) is 43.2 Å². The van der Waals surface area contributed by atoms with E-state index in [4.69, 9.17) is 9.84 Å². The van der Waals surface area contributed by atoms with Crippen molar-refractivity contribution in [2.75, 3.05) is 19.8 Å². The zero-order valence-corrected chi connectivity index (χ0v) is 8.39. The molecule has 0 spiro atoms. The molecule has 0 aliphatic carbocycles. The normalized spacial score (nSPS) is 26.0. The quantitative estimate of drug-likeness (QED) is 0.757. The van der Waals surface area contributed by atoms with E-state index < -0.39 is 18.8 Å². The van der Waals surface area contributed by atoms with Crippen LogP contribution in [0.2, 0.25) is 0 Å². The number of hydrogen-bond acceptors (Lipinski definition) is 3. The predicted octanol–water partition coefficient (Wildman–Crippen LogP) is 1.07. The van der Waals surface area contributed by atoms with Gasteiger partial charge in [-0.1, -0.05) is 0 Å². The van der Waals surface area contributed by atoms with Gasteiger partial charge < -0.3 is 15.2 Å². The maximum absolute atomic E-state index is 12.0. The van der Waals surface area contributed by atoms with Crippen LogP contribution in [0.1, 0.15) is 19.3 Å². The monoisotopic (exact) mass is 227 g/mol. The van der Waals surface area contributed by atoms with Crippen LogP contribution in [0.3, 0.4) is 0 Å². The lowest BCUT2D eigenvalue weighted by molar-refractivity contribution is -0.202. The number of aliphatic hydroxyl groups excluding tert-OH is 1. The lowest BCUT2D eigenvalue weighted by Crippen LogP contribution is -2.42. The second-order valence-corrected chi connectivity index (χ2v) is 3.71. The maximum Gasteiger partial charge on any atom is 0.415 e. The molecule has 0 bridgehead atoms. The van der Waals surface area contributed by atoms with Crippen molar-refractivity contribution in [3.05, 3.63) is 0 Å². The summed E-state index contributed by atoms with van der Waals surface area (Å²) in [7, 11) is 0. The molecule has 90 valence electrons. The van der Waals surface area contributed by atoms with E-state index in [1.807, 2.05) is 0 Å². The molecule has 1 aliphatic heterocycles. The summed E-state index contributed by atoms with van der Waals surface area (Å²) in [4.78, 5) is 0. The minimum absolute atomic E-state index is 0.0181. The number of nitrogens with one attached hydrogen (secondary N) is 1. The molecule has 1 aliphatic rings. The standard InChI is InChI=1S/C9H16F3NO2/c10-9(11,12)8(14)6-13-7-2-1-4-15-5-3-7/h7-8,13-14H,1-6H2. The summed E-state index contributed by atoms with van der Waals surface area (Å²) in [5.41, 5.74) is 0. The fourth-order valence-corrected chi connectivity index (χ4v) is 1.50. The average Bonchev–Trinajstić information content (AvgIpc) is 2.40. The molecular formula is C9H16F3NO2. The third-order valence-electron chi connectivity index (χ3n) is 2.43. The van der Waals surface area contributed by atoms with Crippen LogP contribution in [0.4, 0.5) is 13.2 Å². The molecule has 0 amide bonds. The Labute approximate surface area is 86.6 Å². The Bertz CT molecular complexity index is 179. The first-order valence-corrected chi connectivity index (χ1v) is 5.06. The molecule has 0 saturated carbocycles. The molecule has 2 unspecified atom stereocenters. The Balaban J connectivity index is 2.23. The summed E-state index contributed by atoms with van der Waals surface area (Å²) in [6, 6.07) is 0.0181. The van der Waals surface area contributed by atoms with Crippen LogP contribution in [0, 0.1) is 0 Å². The van der Waals surface area contributed by atoms with Gasteiger partial charge in [0.1, 0.15) is 0 Å². The third kappa shape index (κ3) is 4.81. The van der Waals surface area contributed by atoms with Crippen LogP contribution in [0.25, 0.3) is 0 Å². The van der Waals surface area contributed by atoms with Crippen LogP contribution in [-0.2, 0) is 4.74 Å². The van der Waals surface area contributed by atoms with Gasteiger partial charge in [0.05, 0.1) is 0 Å². The molecule has 0 radical (unpaired) electrons. The Kier molecular flexibility index (Phi) is 4.82. The Hall–Kier alpha value is -0.330. The number of rotatable bonds is 3. The maximum atomic E-state index is 12.0. The van der Waals surface area contributed by atoms with Crippen molar-refractivity contribution in [1.82, 2.24) is 5.32 Å². The van der Waals surface area contributed by atoms with E-state index in [1.54, 1.807) is 0 Å². The first-order chi connectivity index (χ1) is 7.00. The molecule has 1 rings (SSSR count). The van der Waals surface area contributed by atoms with E-state index in [-0.39, 0.29) is 6.04 Å². The van der Waals surface area contributed by atoms with Gasteiger partial charge in [-0.05, 0) is 19.3 Å². The van der Waals surface area contributed by atoms with Crippen molar-refractivity contribution >= 4 is 0 Å². The van der Waals surface area contributed by atoms with Crippen molar-refractivity contribution < 1.29 is 23.0 Å². The number of aliphatic hydroxyl groups is 1. The average molecular weight is 227 g/mol. The minimum atomic E-state index is -4.53. The first-order valence-electron chi connectivity index (χ1n) is 5.06. The van der Waals surface area contributed by atoms with E-state index >= 15 is 0 Å². The molecule has 0 aromatic rings. The van der Waals surface area contributed by atoms with E-state index in [1.165, 1.54) is 0 Å². The number of hydrogen-bond donors (Lipinski definition) is 2. The number of ether oxygens (including phenoxy) is 1. The van der Waals surface area contributed by atoms with E-state index in [2.05, 4.69) is 5.32 Å². The third-order valence-corrected chi connectivity index (χ3v) is 2.43. The highest BCUT2D eigenvalue weighted by atomic mass is 19.4. The summed E-state index contributed by atoms with van der Waals surface area (Å²) in [6.45, 7) is 0.800. The molecule has 1 heterocycles. The summed E-state index contributed by atoms with van der Waals surface area (Å²) in [5.74, 6) is 0. The van der Waals surface area contributed by atoms with E-state index in [9.17, 15) is 13.2 Å². The second-order valence-electron chi connectivity index (χ2n) is 3.71. The van der Waals surface area contributed by atoms with E-state index in [0.29, 0.717) is 19.6 Å². The van der Waals surface area contributed by atoms with Crippen molar-refractivity contribution in [2.45, 2.75) is 37.6 Å². The molecule has 3 nitrogen and oxygen atoms in total. The predicted molar refractivity (Wildman–Crippen MR) is 48.5 cm³/mol. The summed E-state index contributed by atoms with van der Waals surface area (Å²) in [5, 5.41) is 11.5. The lowest BCUT2D eigenvalue weighted by Gasteiger charge is -2.20. The molecule has 0 aromatic carbocycles. The smallest absolute Gasteiger partial charge is 0.382 e. The Morgan fingerprint density at radius 1 is 1.33 bits per heavy atom. The highest BCUT2D eigenvalue weighted by Crippen LogP contribution is 2.19.